The third kappa shape index (κ3) is 2.04. The summed E-state index contributed by atoms with van der Waals surface area (Å²) in [6.07, 6.45) is 1.36. The molecule has 1 aliphatic heterocycles. The number of carbonyl (C=O) groups is 1. The molecule has 1 heterocycles. The number of hydrogen-bond acceptors (Lipinski definition) is 2. The minimum Gasteiger partial charge on any atom is -0.480 e. The molecular formula is C11H11BrFNO2. The molecule has 1 N–H and O–H groups in total. The second-order valence-electron chi connectivity index (χ2n) is 3.79. The maximum atomic E-state index is 13.7. The quantitative estimate of drug-likeness (QED) is 0.909. The van der Waals surface area contributed by atoms with Gasteiger partial charge in [-0.3, -0.25) is 0 Å². The average molecular weight is 288 g/mol. The van der Waals surface area contributed by atoms with E-state index in [-0.39, 0.29) is 5.82 Å². The highest BCUT2D eigenvalue weighted by atomic mass is 79.9. The van der Waals surface area contributed by atoms with Crippen molar-refractivity contribution in [2.45, 2.75) is 18.9 Å². The Labute approximate surface area is 101 Å². The largest absolute Gasteiger partial charge is 0.480 e. The first kappa shape index (κ1) is 11.4. The SMILES string of the molecule is O=C(O)C1CCCN1c1ccc(Br)cc1F. The molecule has 1 atom stereocenters. The lowest BCUT2D eigenvalue weighted by Crippen LogP contribution is -2.36. The predicted molar refractivity (Wildman–Crippen MR) is 62.1 cm³/mol. The van der Waals surface area contributed by atoms with Crippen molar-refractivity contribution >= 4 is 27.6 Å². The topological polar surface area (TPSA) is 40.5 Å². The number of carboxylic acids is 1. The minimum absolute atomic E-state index is 0.369. The standard InChI is InChI=1S/C11H11BrFNO2/c12-7-3-4-9(8(13)6-7)14-5-1-2-10(14)11(15)16/h3-4,6,10H,1-2,5H2,(H,15,16). The summed E-state index contributed by atoms with van der Waals surface area (Å²) in [4.78, 5) is 12.6. The highest BCUT2D eigenvalue weighted by Gasteiger charge is 2.31. The predicted octanol–water partition coefficient (Wildman–Crippen LogP) is 2.64. The van der Waals surface area contributed by atoms with Crippen LogP contribution in [0.25, 0.3) is 0 Å². The van der Waals surface area contributed by atoms with Gasteiger partial charge in [-0.25, -0.2) is 9.18 Å². The maximum absolute atomic E-state index is 13.7. The summed E-state index contributed by atoms with van der Waals surface area (Å²) in [5.74, 6) is -1.28. The molecular weight excluding hydrogens is 277 g/mol. The lowest BCUT2D eigenvalue weighted by Gasteiger charge is -2.24. The van der Waals surface area contributed by atoms with Crippen LogP contribution in [0.1, 0.15) is 12.8 Å². The van der Waals surface area contributed by atoms with Gasteiger partial charge in [-0.1, -0.05) is 15.9 Å². The molecule has 1 aromatic carbocycles. The Balaban J connectivity index is 2.32. The molecule has 0 bridgehead atoms. The van der Waals surface area contributed by atoms with Gasteiger partial charge in [0.1, 0.15) is 11.9 Å². The van der Waals surface area contributed by atoms with E-state index in [1.165, 1.54) is 6.07 Å². The van der Waals surface area contributed by atoms with Gasteiger partial charge in [0, 0.05) is 11.0 Å². The summed E-state index contributed by atoms with van der Waals surface area (Å²) in [6.45, 7) is 0.593. The van der Waals surface area contributed by atoms with E-state index >= 15 is 0 Å². The summed E-state index contributed by atoms with van der Waals surface area (Å²) in [6, 6.07) is 4.08. The number of anilines is 1. The Kier molecular flexibility index (Phi) is 3.14. The summed E-state index contributed by atoms with van der Waals surface area (Å²) >= 11 is 3.17. The summed E-state index contributed by atoms with van der Waals surface area (Å²) in [5, 5.41) is 9.02. The second kappa shape index (κ2) is 4.41. The molecule has 0 aromatic heterocycles. The van der Waals surface area contributed by atoms with Crippen LogP contribution >= 0.6 is 15.9 Å². The minimum atomic E-state index is -0.889. The number of aliphatic carboxylic acids is 1. The zero-order valence-corrected chi connectivity index (χ0v) is 10.1. The number of rotatable bonds is 2. The Bertz CT molecular complexity index is 424. The Morgan fingerprint density at radius 2 is 2.31 bits per heavy atom. The normalized spacial score (nSPS) is 20.1. The molecule has 0 saturated carbocycles. The second-order valence-corrected chi connectivity index (χ2v) is 4.70. The molecule has 1 saturated heterocycles. The molecule has 16 heavy (non-hydrogen) atoms. The van der Waals surface area contributed by atoms with E-state index in [0.717, 1.165) is 6.42 Å². The van der Waals surface area contributed by atoms with Crippen molar-refractivity contribution in [3.05, 3.63) is 28.5 Å². The van der Waals surface area contributed by atoms with Crippen LogP contribution in [-0.4, -0.2) is 23.7 Å². The van der Waals surface area contributed by atoms with Gasteiger partial charge in [0.05, 0.1) is 5.69 Å². The third-order valence-corrected chi connectivity index (χ3v) is 3.25. The van der Waals surface area contributed by atoms with Crippen molar-refractivity contribution in [3.8, 4) is 0 Å². The molecule has 1 fully saturated rings. The molecule has 0 amide bonds. The average Bonchev–Trinajstić information content (AvgIpc) is 2.66. The first-order chi connectivity index (χ1) is 7.59. The van der Waals surface area contributed by atoms with E-state index in [9.17, 15) is 9.18 Å². The van der Waals surface area contributed by atoms with Crippen molar-refractivity contribution in [2.24, 2.45) is 0 Å². The molecule has 0 radical (unpaired) electrons. The zero-order chi connectivity index (χ0) is 11.7. The molecule has 86 valence electrons. The monoisotopic (exact) mass is 287 g/mol. The van der Waals surface area contributed by atoms with Crippen LogP contribution in [0.3, 0.4) is 0 Å². The van der Waals surface area contributed by atoms with Gasteiger partial charge < -0.3 is 10.0 Å². The molecule has 0 spiro atoms. The highest BCUT2D eigenvalue weighted by Crippen LogP contribution is 2.29. The van der Waals surface area contributed by atoms with Crippen molar-refractivity contribution < 1.29 is 14.3 Å². The van der Waals surface area contributed by atoms with Crippen LogP contribution in [0.5, 0.6) is 0 Å². The number of hydrogen-bond donors (Lipinski definition) is 1. The van der Waals surface area contributed by atoms with Gasteiger partial charge in [-0.15, -0.1) is 0 Å². The maximum Gasteiger partial charge on any atom is 0.326 e. The number of benzene rings is 1. The lowest BCUT2D eigenvalue weighted by atomic mass is 10.2. The number of nitrogens with zero attached hydrogens (tertiary/aromatic N) is 1. The Morgan fingerprint density at radius 1 is 1.56 bits per heavy atom. The van der Waals surface area contributed by atoms with Crippen LogP contribution < -0.4 is 4.90 Å². The lowest BCUT2D eigenvalue weighted by molar-refractivity contribution is -0.138. The zero-order valence-electron chi connectivity index (χ0n) is 8.49. The van der Waals surface area contributed by atoms with Crippen LogP contribution in [0, 0.1) is 5.82 Å². The first-order valence-corrected chi connectivity index (χ1v) is 5.83. The molecule has 1 aliphatic rings. The Morgan fingerprint density at radius 3 is 2.94 bits per heavy atom. The van der Waals surface area contributed by atoms with Crippen LogP contribution in [0.4, 0.5) is 10.1 Å². The van der Waals surface area contributed by atoms with Crippen LogP contribution in [-0.2, 0) is 4.79 Å². The van der Waals surface area contributed by atoms with E-state index in [4.69, 9.17) is 5.11 Å². The fourth-order valence-corrected chi connectivity index (χ4v) is 2.36. The van der Waals surface area contributed by atoms with Gasteiger partial charge in [-0.05, 0) is 31.0 Å². The molecule has 3 nitrogen and oxygen atoms in total. The molecule has 1 aromatic rings. The van der Waals surface area contributed by atoms with E-state index in [1.54, 1.807) is 17.0 Å². The van der Waals surface area contributed by atoms with Crippen LogP contribution in [0.15, 0.2) is 22.7 Å². The summed E-state index contributed by atoms with van der Waals surface area (Å²) in [7, 11) is 0. The van der Waals surface area contributed by atoms with Gasteiger partial charge in [0.15, 0.2) is 0 Å². The fourth-order valence-electron chi connectivity index (χ4n) is 2.03. The van der Waals surface area contributed by atoms with Gasteiger partial charge in [0.2, 0.25) is 0 Å². The molecule has 1 unspecified atom stereocenters. The molecule has 2 rings (SSSR count). The highest BCUT2D eigenvalue weighted by molar-refractivity contribution is 9.10. The van der Waals surface area contributed by atoms with E-state index < -0.39 is 12.0 Å². The first-order valence-electron chi connectivity index (χ1n) is 5.04. The van der Waals surface area contributed by atoms with Crippen molar-refractivity contribution in [1.29, 1.82) is 0 Å². The van der Waals surface area contributed by atoms with Crippen molar-refractivity contribution in [3.63, 3.8) is 0 Å². The van der Waals surface area contributed by atoms with E-state index in [2.05, 4.69) is 15.9 Å². The van der Waals surface area contributed by atoms with E-state index in [0.29, 0.717) is 23.1 Å². The number of carboxylic acid groups (broad SMARTS) is 1. The van der Waals surface area contributed by atoms with Gasteiger partial charge in [0.25, 0.3) is 0 Å². The molecule has 5 heteroatoms. The smallest absolute Gasteiger partial charge is 0.326 e. The fraction of sp³-hybridized carbons (Fsp3) is 0.364. The summed E-state index contributed by atoms with van der Waals surface area (Å²) < 4.78 is 14.3. The van der Waals surface area contributed by atoms with Gasteiger partial charge in [-0.2, -0.15) is 0 Å². The number of halogens is 2. The summed E-state index contributed by atoms with van der Waals surface area (Å²) in [5.41, 5.74) is 0.369. The van der Waals surface area contributed by atoms with Crippen molar-refractivity contribution in [2.75, 3.05) is 11.4 Å². The van der Waals surface area contributed by atoms with Gasteiger partial charge >= 0.3 is 5.97 Å². The molecule has 0 aliphatic carbocycles. The Hall–Kier alpha value is -1.10. The van der Waals surface area contributed by atoms with Crippen LogP contribution in [0.2, 0.25) is 0 Å². The van der Waals surface area contributed by atoms with Crippen molar-refractivity contribution in [1.82, 2.24) is 0 Å². The van der Waals surface area contributed by atoms with E-state index in [1.807, 2.05) is 0 Å². The third-order valence-electron chi connectivity index (χ3n) is 2.76.